The third-order valence-electron chi connectivity index (χ3n) is 7.69. The van der Waals surface area contributed by atoms with E-state index in [1.165, 1.54) is 29.7 Å². The first-order valence-electron chi connectivity index (χ1n) is 12.8. The summed E-state index contributed by atoms with van der Waals surface area (Å²) < 4.78 is 1.88. The first-order valence-corrected chi connectivity index (χ1v) is 12.8. The highest BCUT2D eigenvalue weighted by molar-refractivity contribution is 6.01. The topological polar surface area (TPSA) is 84.7 Å². The molecule has 3 aliphatic rings. The lowest BCUT2D eigenvalue weighted by Crippen LogP contribution is -2.25. The van der Waals surface area contributed by atoms with Crippen LogP contribution in [0.25, 0.3) is 22.5 Å². The van der Waals surface area contributed by atoms with Gasteiger partial charge in [0.1, 0.15) is 0 Å². The lowest BCUT2D eigenvalue weighted by atomic mass is 9.99. The second-order valence-electron chi connectivity index (χ2n) is 10.3. The van der Waals surface area contributed by atoms with Crippen LogP contribution < -0.4 is 10.6 Å². The fraction of sp³-hybridized carbons (Fsp3) is 0.310. The minimum atomic E-state index is -0.152. The highest BCUT2D eigenvalue weighted by atomic mass is 16.2. The largest absolute Gasteiger partial charge is 0.342 e. The van der Waals surface area contributed by atoms with Gasteiger partial charge in [-0.05, 0) is 86.6 Å². The summed E-state index contributed by atoms with van der Waals surface area (Å²) in [5.41, 5.74) is 8.31. The molecule has 2 saturated carbocycles. The standard InChI is InChI=1S/C29H28N6O/c1-3-35-28(31-21-8-10-23-24(15-21)29(12-13-29)33-27(23)36)32-26(34-35)19-6-9-22(17(2)14-19)20-7-11-25(30-16-20)18-4-5-18/h6-11,14-16,18H,3-5,12-13H2,1-2H3,(H,33,36)(H,31,32,34). The van der Waals surface area contributed by atoms with Crippen molar-refractivity contribution in [2.75, 3.05) is 5.32 Å². The quantitative estimate of drug-likeness (QED) is 0.374. The van der Waals surface area contributed by atoms with Crippen molar-refractivity contribution in [1.29, 1.82) is 0 Å². The van der Waals surface area contributed by atoms with Gasteiger partial charge in [0.2, 0.25) is 5.95 Å². The number of pyridine rings is 1. The van der Waals surface area contributed by atoms with Crippen LogP contribution in [0, 0.1) is 6.92 Å². The van der Waals surface area contributed by atoms with Crippen molar-refractivity contribution >= 4 is 17.5 Å². The van der Waals surface area contributed by atoms with Crippen LogP contribution in [-0.2, 0) is 12.1 Å². The van der Waals surface area contributed by atoms with Gasteiger partial charge in [0.15, 0.2) is 5.82 Å². The molecule has 0 bridgehead atoms. The molecule has 1 aliphatic heterocycles. The average Bonchev–Trinajstić information content (AvgIpc) is 3.81. The van der Waals surface area contributed by atoms with Crippen LogP contribution in [-0.4, -0.2) is 25.7 Å². The van der Waals surface area contributed by atoms with Crippen molar-refractivity contribution in [3.8, 4) is 22.5 Å². The van der Waals surface area contributed by atoms with Crippen LogP contribution in [0.1, 0.15) is 65.7 Å². The van der Waals surface area contributed by atoms with E-state index in [4.69, 9.17) is 10.1 Å². The lowest BCUT2D eigenvalue weighted by molar-refractivity contribution is 0.0952. The molecule has 2 aromatic heterocycles. The molecule has 2 fully saturated rings. The fourth-order valence-electron chi connectivity index (χ4n) is 5.31. The Balaban J connectivity index is 1.16. The number of hydrogen-bond donors (Lipinski definition) is 2. The first kappa shape index (κ1) is 21.3. The second kappa shape index (κ2) is 7.75. The molecular weight excluding hydrogens is 448 g/mol. The van der Waals surface area contributed by atoms with Crippen molar-refractivity contribution in [3.05, 3.63) is 77.1 Å². The van der Waals surface area contributed by atoms with Gasteiger partial charge in [-0.25, -0.2) is 4.68 Å². The molecular formula is C29H28N6O. The number of carbonyl (C=O) groups excluding carboxylic acids is 1. The monoisotopic (exact) mass is 476 g/mol. The zero-order valence-electron chi connectivity index (χ0n) is 20.5. The van der Waals surface area contributed by atoms with Gasteiger partial charge in [-0.15, -0.1) is 5.10 Å². The smallest absolute Gasteiger partial charge is 0.252 e. The summed E-state index contributed by atoms with van der Waals surface area (Å²) in [7, 11) is 0. The highest BCUT2D eigenvalue weighted by Crippen LogP contribution is 2.51. The summed E-state index contributed by atoms with van der Waals surface area (Å²) in [5, 5.41) is 11.3. The maximum atomic E-state index is 12.3. The Bertz CT molecular complexity index is 1510. The molecule has 7 nitrogen and oxygen atoms in total. The number of amides is 1. The van der Waals surface area contributed by atoms with Crippen LogP contribution in [0.15, 0.2) is 54.7 Å². The number of nitrogens with one attached hydrogen (secondary N) is 2. The molecule has 1 amide bonds. The molecule has 1 spiro atoms. The second-order valence-corrected chi connectivity index (χ2v) is 10.3. The molecule has 0 unspecified atom stereocenters. The van der Waals surface area contributed by atoms with E-state index in [0.29, 0.717) is 24.2 Å². The number of aromatic nitrogens is 4. The third-order valence-corrected chi connectivity index (χ3v) is 7.69. The Hall–Kier alpha value is -4.00. The zero-order valence-corrected chi connectivity index (χ0v) is 20.5. The fourth-order valence-corrected chi connectivity index (χ4v) is 5.31. The van der Waals surface area contributed by atoms with E-state index in [9.17, 15) is 4.79 Å². The molecule has 7 rings (SSSR count). The first-order chi connectivity index (χ1) is 17.5. The molecule has 4 aromatic rings. The summed E-state index contributed by atoms with van der Waals surface area (Å²) in [5.74, 6) is 2.07. The summed E-state index contributed by atoms with van der Waals surface area (Å²) in [4.78, 5) is 21.8. The van der Waals surface area contributed by atoms with Gasteiger partial charge in [-0.1, -0.05) is 18.2 Å². The van der Waals surface area contributed by atoms with Gasteiger partial charge in [0, 0.05) is 46.7 Å². The molecule has 0 atom stereocenters. The van der Waals surface area contributed by atoms with Crippen LogP contribution >= 0.6 is 0 Å². The Morgan fingerprint density at radius 2 is 1.86 bits per heavy atom. The van der Waals surface area contributed by atoms with Gasteiger partial charge in [0.25, 0.3) is 5.91 Å². The number of benzene rings is 2. The normalized spacial score (nSPS) is 17.2. The molecule has 3 heterocycles. The van der Waals surface area contributed by atoms with E-state index in [0.717, 1.165) is 40.8 Å². The number of nitrogens with zero attached hydrogens (tertiary/aromatic N) is 4. The molecule has 7 heteroatoms. The molecule has 2 aliphatic carbocycles. The minimum Gasteiger partial charge on any atom is -0.342 e. The Labute approximate surface area is 210 Å². The van der Waals surface area contributed by atoms with Crippen LogP contribution in [0.3, 0.4) is 0 Å². The maximum Gasteiger partial charge on any atom is 0.252 e. The average molecular weight is 477 g/mol. The number of fused-ring (bicyclic) bond motifs is 2. The Morgan fingerprint density at radius 1 is 1.06 bits per heavy atom. The van der Waals surface area contributed by atoms with Crippen molar-refractivity contribution in [2.24, 2.45) is 0 Å². The maximum absolute atomic E-state index is 12.3. The van der Waals surface area contributed by atoms with Gasteiger partial charge >= 0.3 is 0 Å². The molecule has 0 saturated heterocycles. The van der Waals surface area contributed by atoms with Crippen LogP contribution in [0.4, 0.5) is 11.6 Å². The van der Waals surface area contributed by atoms with E-state index in [1.54, 1.807) is 0 Å². The van der Waals surface area contributed by atoms with Crippen molar-refractivity contribution in [1.82, 2.24) is 25.1 Å². The summed E-state index contributed by atoms with van der Waals surface area (Å²) in [6, 6.07) is 16.6. The summed E-state index contributed by atoms with van der Waals surface area (Å²) in [6.45, 7) is 4.87. The van der Waals surface area contributed by atoms with E-state index < -0.39 is 0 Å². The molecule has 36 heavy (non-hydrogen) atoms. The number of hydrogen-bond acceptors (Lipinski definition) is 5. The van der Waals surface area contributed by atoms with E-state index in [2.05, 4.69) is 65.9 Å². The zero-order chi connectivity index (χ0) is 24.4. The van der Waals surface area contributed by atoms with Crippen molar-refractivity contribution in [3.63, 3.8) is 0 Å². The van der Waals surface area contributed by atoms with E-state index in [1.807, 2.05) is 23.0 Å². The Morgan fingerprint density at radius 3 is 2.56 bits per heavy atom. The van der Waals surface area contributed by atoms with Gasteiger partial charge in [-0.2, -0.15) is 4.98 Å². The van der Waals surface area contributed by atoms with Crippen LogP contribution in [0.2, 0.25) is 0 Å². The van der Waals surface area contributed by atoms with Gasteiger partial charge in [0.05, 0.1) is 5.54 Å². The molecule has 0 radical (unpaired) electrons. The Kier molecular flexibility index (Phi) is 4.58. The van der Waals surface area contributed by atoms with Crippen molar-refractivity contribution < 1.29 is 4.79 Å². The molecule has 180 valence electrons. The number of aryl methyl sites for hydroxylation is 2. The number of carbonyl (C=O) groups is 1. The predicted molar refractivity (Wildman–Crippen MR) is 139 cm³/mol. The third kappa shape index (κ3) is 3.49. The predicted octanol–water partition coefficient (Wildman–Crippen LogP) is 5.69. The summed E-state index contributed by atoms with van der Waals surface area (Å²) in [6.07, 6.45) is 6.52. The van der Waals surface area contributed by atoms with Crippen molar-refractivity contribution in [2.45, 2.75) is 57.5 Å². The van der Waals surface area contributed by atoms with Crippen LogP contribution in [0.5, 0.6) is 0 Å². The minimum absolute atomic E-state index is 0.0292. The number of anilines is 2. The number of rotatable bonds is 6. The molecule has 2 aromatic carbocycles. The van der Waals surface area contributed by atoms with E-state index in [-0.39, 0.29) is 11.4 Å². The lowest BCUT2D eigenvalue weighted by Gasteiger charge is -2.11. The molecule has 2 N–H and O–H groups in total. The van der Waals surface area contributed by atoms with Gasteiger partial charge in [-0.3, -0.25) is 9.78 Å². The van der Waals surface area contributed by atoms with E-state index >= 15 is 0 Å². The SMILES string of the molecule is CCn1nc(-c2ccc(-c3ccc(C4CC4)nc3)c(C)c2)nc1Nc1ccc2c(c1)C1(CC1)NC2=O. The summed E-state index contributed by atoms with van der Waals surface area (Å²) >= 11 is 0. The highest BCUT2D eigenvalue weighted by Gasteiger charge is 2.52. The van der Waals surface area contributed by atoms with Gasteiger partial charge < -0.3 is 10.6 Å².